The number of aromatic nitrogens is 7. The summed E-state index contributed by atoms with van der Waals surface area (Å²) in [6.45, 7) is 4.18. The summed E-state index contributed by atoms with van der Waals surface area (Å²) in [4.78, 5) is 20.3. The van der Waals surface area contributed by atoms with Gasteiger partial charge in [0, 0.05) is 28.9 Å². The van der Waals surface area contributed by atoms with Gasteiger partial charge in [0.05, 0.1) is 6.20 Å². The molecule has 0 aliphatic rings. The second kappa shape index (κ2) is 8.82. The molecule has 5 rings (SSSR count). The minimum atomic E-state index is -0.0641. The first-order valence-electron chi connectivity index (χ1n) is 11.2. The summed E-state index contributed by atoms with van der Waals surface area (Å²) in [6.07, 6.45) is 5.31. The van der Waals surface area contributed by atoms with Crippen LogP contribution >= 0.6 is 0 Å². The van der Waals surface area contributed by atoms with E-state index in [1.807, 2.05) is 31.2 Å². The lowest BCUT2D eigenvalue weighted by molar-refractivity contribution is 0.744. The number of unbranched alkanes of at least 4 members (excludes halogenated alkanes) is 1. The van der Waals surface area contributed by atoms with E-state index >= 15 is 0 Å². The number of H-pyrrole nitrogens is 2. The average Bonchev–Trinajstić information content (AvgIpc) is 3.50. The first-order valence-corrected chi connectivity index (χ1v) is 11.2. The number of hydrogen-bond donors (Lipinski definition) is 2. The zero-order valence-corrected chi connectivity index (χ0v) is 18.7. The molecule has 0 spiro atoms. The highest BCUT2D eigenvalue weighted by atomic mass is 16.1. The second-order valence-electron chi connectivity index (χ2n) is 8.20. The summed E-state index contributed by atoms with van der Waals surface area (Å²) in [5, 5.41) is 14.4. The van der Waals surface area contributed by atoms with Gasteiger partial charge in [-0.25, -0.2) is 4.98 Å². The molecule has 3 heterocycles. The van der Waals surface area contributed by atoms with E-state index in [0.29, 0.717) is 18.0 Å². The summed E-state index contributed by atoms with van der Waals surface area (Å²) in [7, 11) is 0. The molecule has 0 amide bonds. The Kier molecular flexibility index (Phi) is 5.56. The highest BCUT2D eigenvalue weighted by Crippen LogP contribution is 2.30. The van der Waals surface area contributed by atoms with Crippen molar-refractivity contribution in [3.05, 3.63) is 87.6 Å². The molecule has 0 fully saturated rings. The van der Waals surface area contributed by atoms with Crippen molar-refractivity contribution in [1.82, 2.24) is 35.0 Å². The molecule has 8 heteroatoms. The number of aromatic amines is 2. The van der Waals surface area contributed by atoms with Gasteiger partial charge in [0.2, 0.25) is 11.6 Å². The SMILES string of the molecule is CCCCc1c(Cc2ccc(-c3ccccc3-c3nn[nH]n3)cc2)c(=O)[nH]c2ncc(C)n12. The normalized spacial score (nSPS) is 11.3. The van der Waals surface area contributed by atoms with Gasteiger partial charge < -0.3 is 0 Å². The van der Waals surface area contributed by atoms with Crippen molar-refractivity contribution in [2.24, 2.45) is 0 Å². The fourth-order valence-corrected chi connectivity index (χ4v) is 4.31. The summed E-state index contributed by atoms with van der Waals surface area (Å²) >= 11 is 0. The van der Waals surface area contributed by atoms with E-state index < -0.39 is 0 Å². The topological polar surface area (TPSA) is 105 Å². The molecular weight excluding hydrogens is 414 g/mol. The third-order valence-electron chi connectivity index (χ3n) is 5.98. The quantitative estimate of drug-likeness (QED) is 0.397. The van der Waals surface area contributed by atoms with E-state index in [0.717, 1.165) is 58.5 Å². The monoisotopic (exact) mass is 439 g/mol. The predicted octanol–water partition coefficient (Wildman–Crippen LogP) is 4.11. The molecule has 0 bridgehead atoms. The maximum Gasteiger partial charge on any atom is 0.256 e. The molecule has 0 aliphatic carbocycles. The van der Waals surface area contributed by atoms with Gasteiger partial charge >= 0.3 is 0 Å². The van der Waals surface area contributed by atoms with Crippen LogP contribution in [0.15, 0.2) is 59.5 Å². The molecule has 2 N–H and O–H groups in total. The van der Waals surface area contributed by atoms with Crippen LogP contribution in [0, 0.1) is 6.92 Å². The van der Waals surface area contributed by atoms with Gasteiger partial charge in [-0.15, -0.1) is 10.2 Å². The molecule has 166 valence electrons. The van der Waals surface area contributed by atoms with E-state index in [1.54, 1.807) is 6.20 Å². The Labute approximate surface area is 190 Å². The lowest BCUT2D eigenvalue weighted by Crippen LogP contribution is -2.21. The zero-order chi connectivity index (χ0) is 22.8. The molecule has 0 atom stereocenters. The van der Waals surface area contributed by atoms with Crippen LogP contribution in [-0.2, 0) is 12.8 Å². The molecule has 0 aliphatic heterocycles. The van der Waals surface area contributed by atoms with Crippen molar-refractivity contribution in [3.63, 3.8) is 0 Å². The van der Waals surface area contributed by atoms with Gasteiger partial charge in [-0.3, -0.25) is 14.2 Å². The van der Waals surface area contributed by atoms with Gasteiger partial charge in [0.25, 0.3) is 5.56 Å². The number of rotatable bonds is 7. The maximum atomic E-state index is 13.0. The van der Waals surface area contributed by atoms with Crippen molar-refractivity contribution in [1.29, 1.82) is 0 Å². The summed E-state index contributed by atoms with van der Waals surface area (Å²) < 4.78 is 2.09. The Morgan fingerprint density at radius 2 is 1.82 bits per heavy atom. The van der Waals surface area contributed by atoms with Gasteiger partial charge in [0.15, 0.2) is 0 Å². The first kappa shape index (κ1) is 20.8. The molecule has 0 saturated carbocycles. The molecule has 2 aromatic carbocycles. The molecule has 5 aromatic rings. The number of nitrogens with zero attached hydrogens (tertiary/aromatic N) is 5. The van der Waals surface area contributed by atoms with Crippen LogP contribution in [0.2, 0.25) is 0 Å². The van der Waals surface area contributed by atoms with Crippen molar-refractivity contribution in [3.8, 4) is 22.5 Å². The number of benzene rings is 2. The van der Waals surface area contributed by atoms with Gasteiger partial charge in [-0.05, 0) is 41.7 Å². The average molecular weight is 440 g/mol. The fraction of sp³-hybridized carbons (Fsp3) is 0.240. The molecule has 0 unspecified atom stereocenters. The van der Waals surface area contributed by atoms with Crippen LogP contribution in [0.3, 0.4) is 0 Å². The Morgan fingerprint density at radius 1 is 1.03 bits per heavy atom. The fourth-order valence-electron chi connectivity index (χ4n) is 4.31. The maximum absolute atomic E-state index is 13.0. The van der Waals surface area contributed by atoms with Crippen molar-refractivity contribution in [2.75, 3.05) is 0 Å². The smallest absolute Gasteiger partial charge is 0.256 e. The molecule has 8 nitrogen and oxygen atoms in total. The molecular formula is C25H25N7O. The predicted molar refractivity (Wildman–Crippen MR) is 127 cm³/mol. The highest BCUT2D eigenvalue weighted by molar-refractivity contribution is 5.80. The Morgan fingerprint density at radius 3 is 2.55 bits per heavy atom. The van der Waals surface area contributed by atoms with Crippen molar-refractivity contribution >= 4 is 5.78 Å². The van der Waals surface area contributed by atoms with Gasteiger partial charge in [0.1, 0.15) is 0 Å². The van der Waals surface area contributed by atoms with Crippen molar-refractivity contribution in [2.45, 2.75) is 39.5 Å². The van der Waals surface area contributed by atoms with Crippen LogP contribution in [0.25, 0.3) is 28.3 Å². The lowest BCUT2D eigenvalue weighted by atomic mass is 9.96. The van der Waals surface area contributed by atoms with E-state index in [2.05, 4.69) is 66.2 Å². The molecule has 0 saturated heterocycles. The minimum Gasteiger partial charge on any atom is -0.292 e. The number of fused-ring (bicyclic) bond motifs is 1. The summed E-state index contributed by atoms with van der Waals surface area (Å²) in [5.41, 5.74) is 6.90. The third-order valence-corrected chi connectivity index (χ3v) is 5.98. The minimum absolute atomic E-state index is 0.0641. The van der Waals surface area contributed by atoms with Gasteiger partial charge in [-0.1, -0.05) is 61.9 Å². The van der Waals surface area contributed by atoms with Crippen LogP contribution < -0.4 is 5.56 Å². The van der Waals surface area contributed by atoms with Crippen LogP contribution in [-0.4, -0.2) is 35.0 Å². The molecule has 33 heavy (non-hydrogen) atoms. The molecule has 0 radical (unpaired) electrons. The third kappa shape index (κ3) is 3.95. The zero-order valence-electron chi connectivity index (χ0n) is 18.7. The van der Waals surface area contributed by atoms with E-state index in [4.69, 9.17) is 0 Å². The van der Waals surface area contributed by atoms with Crippen molar-refractivity contribution < 1.29 is 0 Å². The van der Waals surface area contributed by atoms with Crippen LogP contribution in [0.4, 0.5) is 0 Å². The number of tetrazole rings is 1. The Bertz CT molecular complexity index is 1450. The van der Waals surface area contributed by atoms with Gasteiger partial charge in [-0.2, -0.15) is 5.21 Å². The Balaban J connectivity index is 1.51. The number of imidazole rings is 1. The van der Waals surface area contributed by atoms with E-state index in [9.17, 15) is 4.79 Å². The Hall–Kier alpha value is -4.07. The summed E-state index contributed by atoms with van der Waals surface area (Å²) in [6, 6.07) is 16.3. The number of hydrogen-bond acceptors (Lipinski definition) is 5. The van der Waals surface area contributed by atoms with Crippen LogP contribution in [0.5, 0.6) is 0 Å². The lowest BCUT2D eigenvalue weighted by Gasteiger charge is -2.13. The van der Waals surface area contributed by atoms with E-state index in [1.165, 1.54) is 0 Å². The van der Waals surface area contributed by atoms with E-state index in [-0.39, 0.29) is 5.56 Å². The first-order chi connectivity index (χ1) is 16.2. The second-order valence-corrected chi connectivity index (χ2v) is 8.20. The molecule has 3 aromatic heterocycles. The highest BCUT2D eigenvalue weighted by Gasteiger charge is 2.16. The van der Waals surface area contributed by atoms with Crippen LogP contribution in [0.1, 0.15) is 42.3 Å². The largest absolute Gasteiger partial charge is 0.292 e. The number of nitrogens with one attached hydrogen (secondary N) is 2. The standard InChI is InChI=1S/C25H25N7O/c1-3-4-9-22-21(24(33)27-25-26-15-16(2)32(22)25)14-17-10-12-18(13-11-17)19-7-5-6-8-20(19)23-28-30-31-29-23/h5-8,10-13,15H,3-4,9,14H2,1-2H3,(H,26,27,33)(H,28,29,30,31). The number of aryl methyl sites for hydroxylation is 2. The summed E-state index contributed by atoms with van der Waals surface area (Å²) in [5.74, 6) is 1.17.